The van der Waals surface area contributed by atoms with E-state index in [0.717, 1.165) is 0 Å². The third kappa shape index (κ3) is 0.569. The Hall–Kier alpha value is 0.290. The summed E-state index contributed by atoms with van der Waals surface area (Å²) in [6.45, 7) is 0. The van der Waals surface area contributed by atoms with E-state index in [9.17, 15) is 0 Å². The minimum atomic E-state index is -0.938. The second-order valence-corrected chi connectivity index (χ2v) is 1.87. The molecule has 0 radical (unpaired) electrons. The van der Waals surface area contributed by atoms with Gasteiger partial charge in [-0.3, -0.25) is 0 Å². The summed E-state index contributed by atoms with van der Waals surface area (Å²) in [7, 11) is 0. The van der Waals surface area contributed by atoms with Crippen LogP contribution < -0.4 is 0 Å². The van der Waals surface area contributed by atoms with Gasteiger partial charge in [0.15, 0.2) is 0 Å². The second kappa shape index (κ2) is 1.17. The van der Waals surface area contributed by atoms with Crippen LogP contribution in [0.4, 0.5) is 0 Å². The molecule has 30 valence electrons. The van der Waals surface area contributed by atoms with Crippen molar-refractivity contribution in [3.05, 3.63) is 0 Å². The van der Waals surface area contributed by atoms with Crippen molar-refractivity contribution in [1.29, 1.82) is 0 Å². The van der Waals surface area contributed by atoms with E-state index in [-0.39, 0.29) is 5.38 Å². The predicted octanol–water partition coefficient (Wildman–Crippen LogP) is 1.78. The zero-order chi connectivity index (χ0) is 5.49. The van der Waals surface area contributed by atoms with Gasteiger partial charge in [0, 0.05) is 8.12 Å². The third-order valence-electron chi connectivity index (χ3n) is 0.732. The van der Waals surface area contributed by atoms with Crippen molar-refractivity contribution in [2.45, 2.75) is 24.6 Å². The van der Waals surface area contributed by atoms with Gasteiger partial charge in [-0.05, 0) is 12.8 Å². The normalized spacial score (nSPS) is 41.8. The molecular weight excluding hydrogens is 83.5 g/mol. The molecule has 1 aliphatic rings. The lowest BCUT2D eigenvalue weighted by Gasteiger charge is -2.16. The van der Waals surface area contributed by atoms with Crippen LogP contribution >= 0.6 is 11.6 Å². The Balaban J connectivity index is 2.29. The number of alkyl halides is 1. The molecule has 0 aromatic heterocycles. The fraction of sp³-hybridized carbons (Fsp3) is 1.00. The van der Waals surface area contributed by atoms with Crippen LogP contribution in [0.1, 0.15) is 22.0 Å². The topological polar surface area (TPSA) is 0 Å². The first-order valence-corrected chi connectivity index (χ1v) is 2.18. The van der Waals surface area contributed by atoms with Crippen molar-refractivity contribution in [2.75, 3.05) is 0 Å². The van der Waals surface area contributed by atoms with Crippen LogP contribution in [0.15, 0.2) is 0 Å². The summed E-state index contributed by atoms with van der Waals surface area (Å²) in [4.78, 5) is 0. The highest BCUT2D eigenvalue weighted by molar-refractivity contribution is 6.21. The summed E-state index contributed by atoms with van der Waals surface area (Å²) in [6.07, 6.45) is 0.134. The highest BCUT2D eigenvalue weighted by Crippen LogP contribution is 2.23. The predicted molar refractivity (Wildman–Crippen MR) is 23.5 cm³/mol. The molecule has 0 N–H and O–H groups in total. The molecule has 0 saturated heterocycles. The van der Waals surface area contributed by atoms with E-state index < -0.39 is 6.37 Å². The molecule has 1 fully saturated rings. The number of hydrogen-bond acceptors (Lipinski definition) is 0. The minimum Gasteiger partial charge on any atom is -0.123 e. The molecule has 0 spiro atoms. The summed E-state index contributed by atoms with van der Waals surface area (Å²) in [6, 6.07) is 0. The van der Waals surface area contributed by atoms with Crippen molar-refractivity contribution >= 4 is 11.6 Å². The Morgan fingerprint density at radius 3 is 2.40 bits per heavy atom. The van der Waals surface area contributed by atoms with Gasteiger partial charge in [0.05, 0.1) is 0 Å². The van der Waals surface area contributed by atoms with Crippen LogP contribution in [0.3, 0.4) is 0 Å². The van der Waals surface area contributed by atoms with E-state index in [4.69, 9.17) is 14.3 Å². The molecule has 0 atom stereocenters. The van der Waals surface area contributed by atoms with Gasteiger partial charge in [-0.2, -0.15) is 0 Å². The van der Waals surface area contributed by atoms with Gasteiger partial charge in [-0.15, -0.1) is 11.6 Å². The number of hydrogen-bond donors (Lipinski definition) is 0. The molecule has 1 saturated carbocycles. The molecule has 1 heteroatoms. The molecule has 1 aliphatic carbocycles. The van der Waals surface area contributed by atoms with E-state index in [1.807, 2.05) is 0 Å². The molecule has 5 heavy (non-hydrogen) atoms. The van der Waals surface area contributed by atoms with Gasteiger partial charge < -0.3 is 0 Å². The van der Waals surface area contributed by atoms with Crippen molar-refractivity contribution < 1.29 is 2.74 Å². The van der Waals surface area contributed by atoms with Crippen molar-refractivity contribution in [3.8, 4) is 0 Å². The van der Waals surface area contributed by atoms with Crippen LogP contribution in [0, 0.1) is 0 Å². The first-order valence-electron chi connectivity index (χ1n) is 2.74. The van der Waals surface area contributed by atoms with Gasteiger partial charge in [0.1, 0.15) is 0 Å². The van der Waals surface area contributed by atoms with E-state index in [2.05, 4.69) is 0 Å². The lowest BCUT2D eigenvalue weighted by Crippen LogP contribution is -2.08. The Bertz CT molecular complexity index is 73.8. The van der Waals surface area contributed by atoms with Gasteiger partial charge >= 0.3 is 0 Å². The molecule has 0 amide bonds. The summed E-state index contributed by atoms with van der Waals surface area (Å²) in [5.41, 5.74) is 0. The minimum absolute atomic E-state index is 0.106. The molecule has 0 heterocycles. The van der Waals surface area contributed by atoms with E-state index in [1.54, 1.807) is 0 Å². The number of halogens is 1. The van der Waals surface area contributed by atoms with Gasteiger partial charge in [0.25, 0.3) is 0 Å². The molecule has 0 aromatic carbocycles. The van der Waals surface area contributed by atoms with Crippen LogP contribution in [-0.2, 0) is 0 Å². The molecule has 0 nitrogen and oxygen atoms in total. The average molecular weight is 92.6 g/mol. The third-order valence-corrected chi connectivity index (χ3v) is 1.04. The van der Waals surface area contributed by atoms with Gasteiger partial charge in [-0.25, -0.2) is 0 Å². The van der Waals surface area contributed by atoms with Crippen molar-refractivity contribution in [2.24, 2.45) is 0 Å². The first kappa shape index (κ1) is 1.83. The average Bonchev–Trinajstić information content (AvgIpc) is 1.27. The fourth-order valence-electron chi connectivity index (χ4n) is 0.253. The van der Waals surface area contributed by atoms with E-state index in [1.165, 1.54) is 0 Å². The van der Waals surface area contributed by atoms with Crippen LogP contribution in [-0.4, -0.2) is 5.38 Å². The Morgan fingerprint density at radius 1 is 1.80 bits per heavy atom. The quantitative estimate of drug-likeness (QED) is 0.400. The Morgan fingerprint density at radius 2 is 2.40 bits per heavy atom. The van der Waals surface area contributed by atoms with E-state index in [0.29, 0.717) is 12.8 Å². The van der Waals surface area contributed by atoms with Crippen LogP contribution in [0.5, 0.6) is 0 Å². The molecular formula is C4H7Cl. The number of rotatable bonds is 0. The molecule has 0 unspecified atom stereocenters. The van der Waals surface area contributed by atoms with Crippen LogP contribution in [0.25, 0.3) is 0 Å². The van der Waals surface area contributed by atoms with Gasteiger partial charge in [-0.1, -0.05) is 6.37 Å². The van der Waals surface area contributed by atoms with E-state index >= 15 is 0 Å². The lowest BCUT2D eigenvalue weighted by molar-refractivity contribution is 0.514. The summed E-state index contributed by atoms with van der Waals surface area (Å²) < 4.78 is 14.0. The highest BCUT2D eigenvalue weighted by atomic mass is 35.5. The van der Waals surface area contributed by atoms with Crippen molar-refractivity contribution in [1.82, 2.24) is 0 Å². The molecule has 0 aliphatic heterocycles. The molecule has 0 aromatic rings. The fourth-order valence-corrected chi connectivity index (χ4v) is 0.472. The summed E-state index contributed by atoms with van der Waals surface area (Å²) >= 11 is 5.49. The zero-order valence-corrected chi connectivity index (χ0v) is 3.63. The van der Waals surface area contributed by atoms with Crippen molar-refractivity contribution in [3.63, 3.8) is 0 Å². The van der Waals surface area contributed by atoms with Gasteiger partial charge in [0.2, 0.25) is 0 Å². The Labute approximate surface area is 39.9 Å². The largest absolute Gasteiger partial charge is 0.123 e. The maximum absolute atomic E-state index is 6.98. The Kier molecular flexibility index (Phi) is 0.430. The molecule has 1 rings (SSSR count). The smallest absolute Gasteiger partial charge is 0.0336 e. The SMILES string of the molecule is [2H]C1([2H])CC(Cl)C1. The monoisotopic (exact) mass is 92.0 g/mol. The van der Waals surface area contributed by atoms with Crippen LogP contribution in [0.2, 0.25) is 0 Å². The zero-order valence-electron chi connectivity index (χ0n) is 4.87. The first-order chi connectivity index (χ1) is 3.10. The maximum Gasteiger partial charge on any atom is 0.0336 e. The molecule has 0 bridgehead atoms. The lowest BCUT2D eigenvalue weighted by atomic mass is 10.0. The standard InChI is InChI=1S/C4H7Cl/c5-4-2-1-3-4/h4H,1-3H2/i1D2. The summed E-state index contributed by atoms with van der Waals surface area (Å²) in [5, 5.41) is 0.106. The summed E-state index contributed by atoms with van der Waals surface area (Å²) in [5.74, 6) is 0. The highest BCUT2D eigenvalue weighted by Gasteiger charge is 2.11. The second-order valence-electron chi connectivity index (χ2n) is 1.26. The maximum atomic E-state index is 6.98.